The first-order valence-corrected chi connectivity index (χ1v) is 0.775. The molecule has 16 heavy (non-hydrogen) atoms. The minimum Gasteiger partial charge on any atom is -1.00 e. The summed E-state index contributed by atoms with van der Waals surface area (Å²) >= 11 is 0. The normalized spacial score (nSPS) is 1.69. The van der Waals surface area contributed by atoms with Crippen molar-refractivity contribution < 1.29 is 387 Å². The zero-order valence-electron chi connectivity index (χ0n) is 25.9. The van der Waals surface area contributed by atoms with Crippen molar-refractivity contribution in [1.29, 1.82) is 0 Å². The van der Waals surface area contributed by atoms with E-state index in [4.69, 9.17) is 15.1 Å². The van der Waals surface area contributed by atoms with Gasteiger partial charge in [0.1, 0.15) is 0 Å². The minimum atomic E-state index is -2.17. The molecule has 16 heteroatoms. The zero-order valence-corrected chi connectivity index (χ0v) is 37.9. The van der Waals surface area contributed by atoms with Gasteiger partial charge in [-0.3, -0.25) is 0 Å². The van der Waals surface area contributed by atoms with Crippen LogP contribution in [0.3, 0.4) is 0 Å². The van der Waals surface area contributed by atoms with Gasteiger partial charge < -0.3 is 32.2 Å². The van der Waals surface area contributed by atoms with Gasteiger partial charge in [-0.15, -0.1) is 0 Å². The molecule has 0 unspecified atom stereocenters. The van der Waals surface area contributed by atoms with Gasteiger partial charge in [0.2, 0.25) is 0 Å². The Morgan fingerprint density at radius 3 is 0.375 bits per heavy atom. The third-order valence-electron chi connectivity index (χ3n) is 0. The van der Waals surface area contributed by atoms with Crippen LogP contribution in [0.15, 0.2) is 0 Å². The van der Waals surface area contributed by atoms with Crippen LogP contribution in [0.2, 0.25) is 0 Å². The van der Waals surface area contributed by atoms with E-state index in [-0.39, 0.29) is 372 Å². The van der Waals surface area contributed by atoms with Crippen molar-refractivity contribution in [1.82, 2.24) is 0 Å². The maximum absolute atomic E-state index is 7.17. The molecule has 0 amide bonds. The van der Waals surface area contributed by atoms with Crippen molar-refractivity contribution in [2.24, 2.45) is 0 Å². The quantitative estimate of drug-likeness (QED) is 0.381. The summed E-state index contributed by atoms with van der Waals surface area (Å²) in [5.41, 5.74) is 0. The Morgan fingerprint density at radius 1 is 0.375 bits per heavy atom. The summed E-state index contributed by atoms with van der Waals surface area (Å²) in [7, 11) is -2.17. The van der Waals surface area contributed by atoms with E-state index in [9.17, 15) is 0 Å². The summed E-state index contributed by atoms with van der Waals surface area (Å²) in [5.74, 6) is 0. The van der Waals surface area contributed by atoms with Gasteiger partial charge in [0, 0.05) is 0 Å². The first-order chi connectivity index (χ1) is 1.73. The molecule has 0 heterocycles. The fraction of sp³-hybridized carbons (Fsp3) is 0. The van der Waals surface area contributed by atoms with E-state index in [1.165, 1.54) is 0 Å². The van der Waals surface area contributed by atoms with Gasteiger partial charge in [0.25, 0.3) is 0 Å². The Labute approximate surface area is 382 Å². The standard InChI is InChI=1S/BH3O3.12Na.12H/c2-1(3)4;;;;;;;;;;;;;;;;;;;;;;;;/h2-4H;;;;;;;;;;;;;;;;;;;;;;;;/q;12*+1;12*-1. The van der Waals surface area contributed by atoms with Crippen molar-refractivity contribution in [3.8, 4) is 0 Å². The Bertz CT molecular complexity index is 48.6. The first-order valence-electron chi connectivity index (χ1n) is 0.775. The molecule has 0 saturated heterocycles. The molecule has 0 spiro atoms. The second-order valence-corrected chi connectivity index (χ2v) is 0.346. The predicted octanol–water partition coefficient (Wildman–Crippen LogP) is -36.7. The third-order valence-corrected chi connectivity index (χ3v) is 0. The summed E-state index contributed by atoms with van der Waals surface area (Å²) in [6.07, 6.45) is 0. The van der Waals surface area contributed by atoms with E-state index in [1.54, 1.807) is 0 Å². The van der Waals surface area contributed by atoms with E-state index in [0.717, 1.165) is 0 Å². The smallest absolute Gasteiger partial charge is 1.00 e. The molecule has 0 rings (SSSR count). The van der Waals surface area contributed by atoms with E-state index in [0.29, 0.717) is 0 Å². The molecule has 0 aromatic heterocycles. The minimum absolute atomic E-state index is 0. The molecule has 3 N–H and O–H groups in total. The van der Waals surface area contributed by atoms with E-state index in [2.05, 4.69) is 0 Å². The van der Waals surface area contributed by atoms with Gasteiger partial charge in [-0.2, -0.15) is 0 Å². The summed E-state index contributed by atoms with van der Waals surface area (Å²) in [6.45, 7) is 0. The van der Waals surface area contributed by atoms with Crippen LogP contribution in [0.1, 0.15) is 17.1 Å². The van der Waals surface area contributed by atoms with Crippen LogP contribution in [0.25, 0.3) is 0 Å². The molecular formula is H15BNa12O3. The predicted molar refractivity (Wildman–Crippen MR) is 25.8 cm³/mol. The summed E-state index contributed by atoms with van der Waals surface area (Å²) < 4.78 is 0. The van der Waals surface area contributed by atoms with Crippen molar-refractivity contribution in [3.63, 3.8) is 0 Å². The van der Waals surface area contributed by atoms with E-state index in [1.807, 2.05) is 0 Å². The largest absolute Gasteiger partial charge is 1.00 e. The second kappa shape index (κ2) is 81.2. The van der Waals surface area contributed by atoms with Gasteiger partial charge >= 0.3 is 362 Å². The van der Waals surface area contributed by atoms with Crippen molar-refractivity contribution in [2.45, 2.75) is 0 Å². The van der Waals surface area contributed by atoms with Gasteiger partial charge in [0.05, 0.1) is 0 Å². The maximum atomic E-state index is 7.17. The molecular weight excluding hydrogens is 335 g/mol. The Kier molecular flexibility index (Phi) is 461. The van der Waals surface area contributed by atoms with Crippen molar-refractivity contribution >= 4 is 7.32 Å². The van der Waals surface area contributed by atoms with E-state index >= 15 is 0 Å². The van der Waals surface area contributed by atoms with Crippen LogP contribution in [0, 0.1) is 0 Å². The molecule has 0 aliphatic heterocycles. The van der Waals surface area contributed by atoms with Crippen LogP contribution in [0.5, 0.6) is 0 Å². The maximum Gasteiger partial charge on any atom is 1.00 e. The van der Waals surface area contributed by atoms with Gasteiger partial charge in [-0.25, -0.2) is 0 Å². The number of hydrogen-bond donors (Lipinski definition) is 3. The molecule has 0 aromatic carbocycles. The fourth-order valence-corrected chi connectivity index (χ4v) is 0. The molecule has 3 nitrogen and oxygen atoms in total. The monoisotopic (exact) mass is 350 g/mol. The Morgan fingerprint density at radius 2 is 0.375 bits per heavy atom. The average Bonchev–Trinajstić information content (AvgIpc) is 0.811. The SMILES string of the molecule is OB(O)O.[H-].[H-].[H-].[H-].[H-].[H-].[H-].[H-].[H-].[H-].[H-].[H-].[Na+].[Na+].[Na+].[Na+].[Na+].[Na+].[Na+].[Na+].[Na+].[Na+].[Na+].[Na+]. The fourth-order valence-electron chi connectivity index (χ4n) is 0. The van der Waals surface area contributed by atoms with Crippen LogP contribution in [0.4, 0.5) is 0 Å². The Hall–Kier alpha value is 11.9. The number of rotatable bonds is 0. The molecule has 0 bridgehead atoms. The summed E-state index contributed by atoms with van der Waals surface area (Å²) in [6, 6.07) is 0. The van der Waals surface area contributed by atoms with Crippen molar-refractivity contribution in [3.05, 3.63) is 0 Å². The molecule has 48 valence electrons. The van der Waals surface area contributed by atoms with E-state index < -0.39 is 7.32 Å². The van der Waals surface area contributed by atoms with Crippen LogP contribution in [-0.4, -0.2) is 22.4 Å². The third kappa shape index (κ3) is 113. The van der Waals surface area contributed by atoms with Gasteiger partial charge in [0.15, 0.2) is 0 Å². The van der Waals surface area contributed by atoms with Crippen LogP contribution < -0.4 is 355 Å². The first kappa shape index (κ1) is 90.8. The molecule has 0 aromatic rings. The summed E-state index contributed by atoms with van der Waals surface area (Å²) in [5, 5.41) is 21.5. The zero-order chi connectivity index (χ0) is 3.58. The molecule has 0 saturated carbocycles. The van der Waals surface area contributed by atoms with Crippen LogP contribution >= 0.6 is 0 Å². The molecule has 0 atom stereocenters. The Balaban J connectivity index is -0.000000000163. The van der Waals surface area contributed by atoms with Crippen LogP contribution in [-0.2, 0) is 0 Å². The van der Waals surface area contributed by atoms with Crippen molar-refractivity contribution in [2.75, 3.05) is 0 Å². The number of hydrogen-bond acceptors (Lipinski definition) is 3. The van der Waals surface area contributed by atoms with Gasteiger partial charge in [-0.05, 0) is 0 Å². The average molecular weight is 350 g/mol. The molecule has 0 fully saturated rings. The topological polar surface area (TPSA) is 60.7 Å². The second-order valence-electron chi connectivity index (χ2n) is 0.346. The molecule has 0 aliphatic rings. The molecule has 0 radical (unpaired) electrons. The van der Waals surface area contributed by atoms with Gasteiger partial charge in [-0.1, -0.05) is 0 Å². The summed E-state index contributed by atoms with van der Waals surface area (Å²) in [4.78, 5) is 0. The molecule has 0 aliphatic carbocycles.